The molecular weight excluding hydrogens is 266 g/mol. The van der Waals surface area contributed by atoms with E-state index in [1.54, 1.807) is 12.1 Å². The van der Waals surface area contributed by atoms with Gasteiger partial charge < -0.3 is 5.73 Å². The molecule has 0 saturated carbocycles. The van der Waals surface area contributed by atoms with E-state index in [2.05, 4.69) is 15.0 Å². The number of nitrogens with two attached hydrogens (primary N) is 1. The minimum atomic E-state index is -3.73. The van der Waals surface area contributed by atoms with Gasteiger partial charge in [0.05, 0.1) is 0 Å². The summed E-state index contributed by atoms with van der Waals surface area (Å²) in [4.78, 5) is 11.7. The van der Waals surface area contributed by atoms with Crippen molar-refractivity contribution in [2.75, 3.05) is 5.73 Å². The maximum atomic E-state index is 12.4. The summed E-state index contributed by atoms with van der Waals surface area (Å²) in [6.45, 7) is 0. The molecule has 3 aromatic heterocycles. The minimum absolute atomic E-state index is 0.0221. The molecule has 2 N–H and O–H groups in total. The molecule has 3 aromatic rings. The Hall–Kier alpha value is -2.48. The van der Waals surface area contributed by atoms with Gasteiger partial charge in [0.15, 0.2) is 5.65 Å². The first kappa shape index (κ1) is 11.6. The third-order valence-corrected chi connectivity index (χ3v) is 4.25. The first-order valence-electron chi connectivity index (χ1n) is 5.34. The third-order valence-electron chi connectivity index (χ3n) is 2.60. The second kappa shape index (κ2) is 4.02. The number of rotatable bonds is 2. The highest BCUT2D eigenvalue weighted by molar-refractivity contribution is 7.90. The fourth-order valence-electron chi connectivity index (χ4n) is 1.72. The number of nitrogens with zero attached hydrogens (tertiary/aromatic N) is 4. The lowest BCUT2D eigenvalue weighted by Gasteiger charge is -2.06. The summed E-state index contributed by atoms with van der Waals surface area (Å²) in [6.07, 6.45) is 5.69. The van der Waals surface area contributed by atoms with Crippen molar-refractivity contribution in [2.24, 2.45) is 0 Å². The average Bonchev–Trinajstić information content (AvgIpc) is 2.83. The van der Waals surface area contributed by atoms with Crippen LogP contribution in [0.5, 0.6) is 0 Å². The van der Waals surface area contributed by atoms with E-state index in [-0.39, 0.29) is 16.5 Å². The van der Waals surface area contributed by atoms with E-state index in [1.807, 2.05) is 0 Å². The van der Waals surface area contributed by atoms with E-state index >= 15 is 0 Å². The fourth-order valence-corrected chi connectivity index (χ4v) is 2.98. The Labute approximate surface area is 108 Å². The third kappa shape index (κ3) is 1.82. The predicted octanol–water partition coefficient (Wildman–Crippen LogP) is 0.645. The van der Waals surface area contributed by atoms with Crippen LogP contribution < -0.4 is 5.73 Å². The molecule has 3 rings (SSSR count). The summed E-state index contributed by atoms with van der Waals surface area (Å²) in [5.74, 6) is 0.0221. The van der Waals surface area contributed by atoms with Crippen LogP contribution in [-0.4, -0.2) is 27.3 Å². The van der Waals surface area contributed by atoms with E-state index in [9.17, 15) is 8.42 Å². The number of anilines is 1. The van der Waals surface area contributed by atoms with Crippen LogP contribution >= 0.6 is 0 Å². The lowest BCUT2D eigenvalue weighted by atomic mass is 10.4. The van der Waals surface area contributed by atoms with Crippen LogP contribution in [0.3, 0.4) is 0 Å². The van der Waals surface area contributed by atoms with Gasteiger partial charge in [0.2, 0.25) is 5.95 Å². The van der Waals surface area contributed by atoms with Crippen molar-refractivity contribution in [3.63, 3.8) is 0 Å². The minimum Gasteiger partial charge on any atom is -0.368 e. The molecule has 0 aromatic carbocycles. The summed E-state index contributed by atoms with van der Waals surface area (Å²) < 4.78 is 26.0. The lowest BCUT2D eigenvalue weighted by molar-refractivity contribution is 0.588. The van der Waals surface area contributed by atoms with Gasteiger partial charge in [-0.05, 0) is 18.2 Å². The quantitative estimate of drug-likeness (QED) is 0.736. The predicted molar refractivity (Wildman–Crippen MR) is 68.8 cm³/mol. The van der Waals surface area contributed by atoms with E-state index in [0.29, 0.717) is 5.39 Å². The van der Waals surface area contributed by atoms with Gasteiger partial charge in [0.25, 0.3) is 10.0 Å². The van der Waals surface area contributed by atoms with Crippen molar-refractivity contribution < 1.29 is 8.42 Å². The van der Waals surface area contributed by atoms with Crippen LogP contribution in [0, 0.1) is 0 Å². The average molecular weight is 275 g/mol. The summed E-state index contributed by atoms with van der Waals surface area (Å²) >= 11 is 0. The Morgan fingerprint density at radius 3 is 2.79 bits per heavy atom. The Morgan fingerprint density at radius 2 is 2.05 bits per heavy atom. The first-order valence-corrected chi connectivity index (χ1v) is 6.78. The topological polar surface area (TPSA) is 104 Å². The molecule has 0 saturated heterocycles. The molecule has 0 bridgehead atoms. The Morgan fingerprint density at radius 1 is 1.21 bits per heavy atom. The van der Waals surface area contributed by atoms with Crippen molar-refractivity contribution in [3.8, 4) is 0 Å². The van der Waals surface area contributed by atoms with Crippen molar-refractivity contribution in [3.05, 3.63) is 43.0 Å². The molecule has 8 heteroatoms. The molecule has 0 unspecified atom stereocenters. The zero-order chi connectivity index (χ0) is 13.5. The Kier molecular flexibility index (Phi) is 2.46. The molecule has 19 heavy (non-hydrogen) atoms. The Bertz CT molecular complexity index is 842. The maximum Gasteiger partial charge on any atom is 0.270 e. The monoisotopic (exact) mass is 275 g/mol. The van der Waals surface area contributed by atoms with Gasteiger partial charge in [-0.15, -0.1) is 0 Å². The number of pyridine rings is 1. The molecule has 0 aliphatic heterocycles. The van der Waals surface area contributed by atoms with Crippen LogP contribution in [0.4, 0.5) is 5.95 Å². The highest BCUT2D eigenvalue weighted by Gasteiger charge is 2.19. The van der Waals surface area contributed by atoms with Crippen LogP contribution in [0.25, 0.3) is 11.0 Å². The number of fused-ring (bicyclic) bond motifs is 1. The van der Waals surface area contributed by atoms with E-state index in [1.165, 1.54) is 30.9 Å². The van der Waals surface area contributed by atoms with Gasteiger partial charge in [-0.25, -0.2) is 17.4 Å². The van der Waals surface area contributed by atoms with E-state index < -0.39 is 10.0 Å². The van der Waals surface area contributed by atoms with Gasteiger partial charge in [-0.3, -0.25) is 4.98 Å². The maximum absolute atomic E-state index is 12.4. The van der Waals surface area contributed by atoms with Crippen LogP contribution in [0.1, 0.15) is 0 Å². The summed E-state index contributed by atoms with van der Waals surface area (Å²) in [5.41, 5.74) is 5.74. The van der Waals surface area contributed by atoms with Gasteiger partial charge in [-0.1, -0.05) is 0 Å². The smallest absolute Gasteiger partial charge is 0.270 e. The number of aromatic nitrogens is 4. The second-order valence-corrected chi connectivity index (χ2v) is 5.63. The zero-order valence-electron chi connectivity index (χ0n) is 9.63. The zero-order valence-corrected chi connectivity index (χ0v) is 10.4. The summed E-state index contributed by atoms with van der Waals surface area (Å²) in [7, 11) is -3.73. The SMILES string of the molecule is Nc1ncc2ccn(S(=O)(=O)c3cccnc3)c2n1. The van der Waals surface area contributed by atoms with Crippen LogP contribution in [-0.2, 0) is 10.0 Å². The molecule has 96 valence electrons. The van der Waals surface area contributed by atoms with Gasteiger partial charge in [0.1, 0.15) is 4.90 Å². The summed E-state index contributed by atoms with van der Waals surface area (Å²) in [6, 6.07) is 4.64. The second-order valence-electron chi connectivity index (χ2n) is 3.81. The van der Waals surface area contributed by atoms with Crippen LogP contribution in [0.15, 0.2) is 47.9 Å². The van der Waals surface area contributed by atoms with Gasteiger partial charge >= 0.3 is 0 Å². The number of nitrogen functional groups attached to an aromatic ring is 1. The molecule has 0 atom stereocenters. The van der Waals surface area contributed by atoms with Gasteiger partial charge in [0, 0.05) is 30.2 Å². The molecule has 0 fully saturated rings. The molecular formula is C11H9N5O2S. The molecule has 0 radical (unpaired) electrons. The number of hydrogen-bond donors (Lipinski definition) is 1. The highest BCUT2D eigenvalue weighted by Crippen LogP contribution is 2.19. The molecule has 0 amide bonds. The molecule has 7 nitrogen and oxygen atoms in total. The van der Waals surface area contributed by atoms with Crippen LogP contribution in [0.2, 0.25) is 0 Å². The summed E-state index contributed by atoms with van der Waals surface area (Å²) in [5, 5.41) is 0.599. The molecule has 3 heterocycles. The largest absolute Gasteiger partial charge is 0.368 e. The van der Waals surface area contributed by atoms with Crippen molar-refractivity contribution in [2.45, 2.75) is 4.90 Å². The molecule has 0 aliphatic carbocycles. The normalized spacial score (nSPS) is 11.8. The molecule has 0 spiro atoms. The standard InChI is InChI=1S/C11H9N5O2S/c12-11-14-6-8-3-5-16(10(8)15-11)19(17,18)9-2-1-4-13-7-9/h1-7H,(H2,12,14,15). The fraction of sp³-hybridized carbons (Fsp3) is 0. The lowest BCUT2D eigenvalue weighted by Crippen LogP contribution is -2.13. The van der Waals surface area contributed by atoms with Gasteiger partial charge in [-0.2, -0.15) is 4.98 Å². The van der Waals surface area contributed by atoms with Crippen molar-refractivity contribution in [1.82, 2.24) is 18.9 Å². The van der Waals surface area contributed by atoms with E-state index in [4.69, 9.17) is 5.73 Å². The Balaban J connectivity index is 2.28. The highest BCUT2D eigenvalue weighted by atomic mass is 32.2. The van der Waals surface area contributed by atoms with Crippen molar-refractivity contribution >= 4 is 27.0 Å². The number of hydrogen-bond acceptors (Lipinski definition) is 6. The first-order chi connectivity index (χ1) is 9.09. The van der Waals surface area contributed by atoms with Crippen molar-refractivity contribution in [1.29, 1.82) is 0 Å². The molecule has 0 aliphatic rings. The van der Waals surface area contributed by atoms with E-state index in [0.717, 1.165) is 3.97 Å².